The Morgan fingerprint density at radius 1 is 0.667 bits per heavy atom. The third-order valence-corrected chi connectivity index (χ3v) is 9.74. The molecule has 0 spiro atoms. The first-order chi connectivity index (χ1) is 25.5. The smallest absolute Gasteiger partial charge is 0.416 e. The second-order valence-electron chi connectivity index (χ2n) is 13.3. The fourth-order valence-corrected chi connectivity index (χ4v) is 6.91. The van der Waals surface area contributed by atoms with Crippen LogP contribution >= 0.6 is 0 Å². The number of hydrogen-bond acceptors (Lipinski definition) is 11. The third kappa shape index (κ3) is 8.74. The van der Waals surface area contributed by atoms with Gasteiger partial charge in [-0.1, -0.05) is 25.7 Å². The van der Waals surface area contributed by atoms with Crippen molar-refractivity contribution in [3.05, 3.63) is 70.0 Å². The minimum Gasteiger partial charge on any atom is -0.507 e. The molecule has 2 saturated carbocycles. The van der Waals surface area contributed by atoms with E-state index in [-0.39, 0.29) is 74.9 Å². The van der Waals surface area contributed by atoms with Gasteiger partial charge in [-0.2, -0.15) is 36.9 Å². The molecule has 0 radical (unpaired) electrons. The summed E-state index contributed by atoms with van der Waals surface area (Å²) in [5.74, 6) is -1.25. The van der Waals surface area contributed by atoms with Crippen LogP contribution < -0.4 is 16.8 Å². The predicted octanol–water partition coefficient (Wildman–Crippen LogP) is 7.94. The first-order valence-corrected chi connectivity index (χ1v) is 17.2. The van der Waals surface area contributed by atoms with Crippen molar-refractivity contribution in [3.63, 3.8) is 0 Å². The van der Waals surface area contributed by atoms with Gasteiger partial charge in [0.05, 0.1) is 33.6 Å². The molecule has 11 nitrogen and oxygen atoms in total. The molecule has 2 aromatic carbocycles. The second-order valence-corrected chi connectivity index (χ2v) is 13.3. The van der Waals surface area contributed by atoms with Gasteiger partial charge in [-0.15, -0.1) is 0 Å². The van der Waals surface area contributed by atoms with Crippen LogP contribution in [0.5, 0.6) is 11.5 Å². The number of nitrogens with one attached hydrogen (secondary N) is 1. The summed E-state index contributed by atoms with van der Waals surface area (Å²) in [6.07, 6.45) is -0.954. The van der Waals surface area contributed by atoms with Crippen LogP contribution in [0.2, 0.25) is 0 Å². The minimum atomic E-state index is -4.58. The molecule has 2 aliphatic carbocycles. The van der Waals surface area contributed by atoms with E-state index in [1.165, 1.54) is 0 Å². The Morgan fingerprint density at radius 3 is 1.54 bits per heavy atom. The Hall–Kier alpha value is -5.68. The number of hydrogen-bond donors (Lipinski definition) is 5. The Bertz CT molecular complexity index is 2090. The monoisotopic (exact) mass is 753 g/mol. The standard InChI is InChI=1S/C19H20F3N5O.C18H17F3N4O/c1-25-12-4-2-3-10(7-12)16-14(9-23)17(24)27-18(26-16)13-8-11(19(20,21)22)5-6-15(13)28;19-18(20,21)11-6-7-14(26)12(8-11)17-24-15(10-4-2-1-3-5-10)13(9-22)16(23)25-17/h5-6,8,10,12,25,28H,2-4,7H2,1H3,(H2,24,26,27);6-8,10,26H,1-5H2,(H2,23,24,25). The average molecular weight is 754 g/mol. The molecule has 7 N–H and O–H groups in total. The number of rotatable bonds is 5. The van der Waals surface area contributed by atoms with Crippen LogP contribution in [0.4, 0.5) is 38.0 Å². The van der Waals surface area contributed by atoms with Gasteiger partial charge in [-0.05, 0) is 75.5 Å². The van der Waals surface area contributed by atoms with Crippen molar-refractivity contribution >= 4 is 11.6 Å². The van der Waals surface area contributed by atoms with Gasteiger partial charge in [0.2, 0.25) is 0 Å². The lowest BCUT2D eigenvalue weighted by molar-refractivity contribution is -0.138. The topological polar surface area (TPSA) is 204 Å². The molecule has 2 heterocycles. The number of phenolic OH excluding ortho intramolecular Hbond substituents is 2. The van der Waals surface area contributed by atoms with E-state index in [9.17, 15) is 47.1 Å². The van der Waals surface area contributed by atoms with E-state index in [0.717, 1.165) is 94.2 Å². The summed E-state index contributed by atoms with van der Waals surface area (Å²) in [4.78, 5) is 16.7. The predicted molar refractivity (Wildman–Crippen MR) is 186 cm³/mol. The lowest BCUT2D eigenvalue weighted by atomic mass is 9.82. The molecule has 17 heteroatoms. The van der Waals surface area contributed by atoms with Crippen molar-refractivity contribution in [1.29, 1.82) is 10.5 Å². The van der Waals surface area contributed by atoms with E-state index in [1.54, 1.807) is 0 Å². The number of benzene rings is 2. The van der Waals surface area contributed by atoms with E-state index in [4.69, 9.17) is 11.5 Å². The molecule has 0 saturated heterocycles. The maximum Gasteiger partial charge on any atom is 0.416 e. The molecular weight excluding hydrogens is 716 g/mol. The van der Waals surface area contributed by atoms with Crippen LogP contribution in [-0.4, -0.2) is 43.2 Å². The fourth-order valence-electron chi connectivity index (χ4n) is 6.91. The van der Waals surface area contributed by atoms with Crippen molar-refractivity contribution < 1.29 is 36.6 Å². The number of aromatic nitrogens is 4. The third-order valence-electron chi connectivity index (χ3n) is 9.74. The summed E-state index contributed by atoms with van der Waals surface area (Å²) in [6, 6.07) is 9.32. The first kappa shape index (κ1) is 39.5. The number of anilines is 2. The van der Waals surface area contributed by atoms with E-state index >= 15 is 0 Å². The molecule has 2 fully saturated rings. The molecule has 54 heavy (non-hydrogen) atoms. The number of nitrogen functional groups attached to an aromatic ring is 2. The zero-order valence-corrected chi connectivity index (χ0v) is 29.1. The normalized spacial score (nSPS) is 17.9. The van der Waals surface area contributed by atoms with Crippen LogP contribution in [0.15, 0.2) is 36.4 Å². The molecule has 2 aliphatic rings. The summed E-state index contributed by atoms with van der Waals surface area (Å²) in [5, 5.41) is 42.2. The quantitative estimate of drug-likeness (QED) is 0.124. The van der Waals surface area contributed by atoms with Gasteiger partial charge < -0.3 is 27.0 Å². The van der Waals surface area contributed by atoms with Crippen molar-refractivity contribution in [2.24, 2.45) is 0 Å². The van der Waals surface area contributed by atoms with Crippen LogP contribution in [-0.2, 0) is 12.4 Å². The van der Waals surface area contributed by atoms with E-state index in [0.29, 0.717) is 11.4 Å². The zero-order chi connectivity index (χ0) is 39.4. The second kappa shape index (κ2) is 16.1. The summed E-state index contributed by atoms with van der Waals surface area (Å²) in [6.45, 7) is 0. The van der Waals surface area contributed by atoms with Crippen LogP contribution in [0.25, 0.3) is 22.8 Å². The highest BCUT2D eigenvalue weighted by Gasteiger charge is 2.34. The van der Waals surface area contributed by atoms with Gasteiger partial charge in [-0.3, -0.25) is 0 Å². The van der Waals surface area contributed by atoms with Crippen LogP contribution in [0.3, 0.4) is 0 Å². The van der Waals surface area contributed by atoms with E-state index < -0.39 is 23.5 Å². The Morgan fingerprint density at radius 2 is 1.11 bits per heavy atom. The molecule has 284 valence electrons. The van der Waals surface area contributed by atoms with E-state index in [1.807, 2.05) is 19.2 Å². The lowest BCUT2D eigenvalue weighted by Gasteiger charge is -2.29. The van der Waals surface area contributed by atoms with Crippen molar-refractivity contribution in [1.82, 2.24) is 25.3 Å². The fraction of sp³-hybridized carbons (Fsp3) is 0.405. The number of nitrogens with zero attached hydrogens (tertiary/aromatic N) is 6. The highest BCUT2D eigenvalue weighted by molar-refractivity contribution is 5.69. The maximum absolute atomic E-state index is 13.1. The largest absolute Gasteiger partial charge is 0.507 e. The summed E-state index contributed by atoms with van der Waals surface area (Å²) >= 11 is 0. The summed E-state index contributed by atoms with van der Waals surface area (Å²) in [5.41, 5.74) is 10.8. The molecule has 2 aromatic heterocycles. The Kier molecular flexibility index (Phi) is 11.8. The molecule has 4 aromatic rings. The number of alkyl halides is 6. The maximum atomic E-state index is 13.1. The van der Waals surface area contributed by atoms with Crippen LogP contribution in [0, 0.1) is 22.7 Å². The van der Waals surface area contributed by atoms with Gasteiger partial charge in [-0.25, -0.2) is 19.9 Å². The highest BCUT2D eigenvalue weighted by Crippen LogP contribution is 2.41. The first-order valence-electron chi connectivity index (χ1n) is 17.2. The summed E-state index contributed by atoms with van der Waals surface area (Å²) < 4.78 is 78.2. The average Bonchev–Trinajstić information content (AvgIpc) is 3.14. The molecule has 6 rings (SSSR count). The van der Waals surface area contributed by atoms with Gasteiger partial charge in [0.15, 0.2) is 11.6 Å². The van der Waals surface area contributed by atoms with Crippen molar-refractivity contribution in [2.75, 3.05) is 18.5 Å². The Labute approximate surface area is 306 Å². The van der Waals surface area contributed by atoms with Gasteiger partial charge >= 0.3 is 12.4 Å². The van der Waals surface area contributed by atoms with Gasteiger partial charge in [0.25, 0.3) is 0 Å². The molecule has 0 aliphatic heterocycles. The zero-order valence-electron chi connectivity index (χ0n) is 29.1. The Balaban J connectivity index is 0.000000208. The van der Waals surface area contributed by atoms with Crippen LogP contribution in [0.1, 0.15) is 103 Å². The number of halogens is 6. The van der Waals surface area contributed by atoms with Gasteiger partial charge in [0.1, 0.15) is 46.4 Å². The minimum absolute atomic E-state index is 0.00962. The number of nitriles is 2. The molecule has 2 unspecified atom stereocenters. The molecule has 0 bridgehead atoms. The van der Waals surface area contributed by atoms with Gasteiger partial charge in [0, 0.05) is 17.9 Å². The highest BCUT2D eigenvalue weighted by atomic mass is 19.4. The number of aromatic hydroxyl groups is 2. The number of nitrogens with two attached hydrogens (primary N) is 2. The number of phenols is 2. The van der Waals surface area contributed by atoms with Crippen molar-refractivity contribution in [2.45, 2.75) is 88.0 Å². The summed E-state index contributed by atoms with van der Waals surface area (Å²) in [7, 11) is 1.86. The lowest BCUT2D eigenvalue weighted by Crippen LogP contribution is -2.31. The molecular formula is C37H37F6N9O2. The SMILES string of the molecule is CNC1CCCC(c2nc(-c3cc(C(F)(F)F)ccc3O)nc(N)c2C#N)C1.N#Cc1c(N)nc(-c2cc(C(F)(F)F)ccc2O)nc1C1CCCCC1. The molecule has 2 atom stereocenters. The van der Waals surface area contributed by atoms with E-state index in [2.05, 4.69) is 25.3 Å². The van der Waals surface area contributed by atoms with Crippen molar-refractivity contribution in [3.8, 4) is 46.4 Å². The molecule has 0 amide bonds.